The van der Waals surface area contributed by atoms with Crippen LogP contribution in [0.1, 0.15) is 62.8 Å². The van der Waals surface area contributed by atoms with E-state index in [2.05, 4.69) is 23.7 Å². The van der Waals surface area contributed by atoms with Crippen LogP contribution in [-0.2, 0) is 19.4 Å². The summed E-state index contributed by atoms with van der Waals surface area (Å²) in [5, 5.41) is 3.44. The molecule has 2 heterocycles. The first-order chi connectivity index (χ1) is 8.83. The van der Waals surface area contributed by atoms with Gasteiger partial charge in [0.25, 0.3) is 0 Å². The van der Waals surface area contributed by atoms with Crippen LogP contribution < -0.4 is 5.32 Å². The standard InChI is InChI=1S/C15H25N3/c1-3-12(9-11-5-6-11)18-14-7-8-16-10-13(14)17-15(18)4-2/h11-12,16H,3-10H2,1-2H3. The van der Waals surface area contributed by atoms with E-state index in [1.807, 2.05) is 0 Å². The van der Waals surface area contributed by atoms with E-state index in [-0.39, 0.29) is 0 Å². The van der Waals surface area contributed by atoms with Crippen LogP contribution in [0.5, 0.6) is 0 Å². The summed E-state index contributed by atoms with van der Waals surface area (Å²) >= 11 is 0. The van der Waals surface area contributed by atoms with E-state index in [9.17, 15) is 0 Å². The van der Waals surface area contributed by atoms with Crippen molar-refractivity contribution in [2.24, 2.45) is 5.92 Å². The number of imidazole rings is 1. The number of nitrogens with one attached hydrogen (secondary N) is 1. The molecule has 1 aromatic rings. The van der Waals surface area contributed by atoms with Crippen LogP contribution in [0, 0.1) is 5.92 Å². The summed E-state index contributed by atoms with van der Waals surface area (Å²) in [6.07, 6.45) is 7.75. The molecule has 2 aliphatic rings. The van der Waals surface area contributed by atoms with Gasteiger partial charge in [-0.25, -0.2) is 4.98 Å². The molecule has 0 radical (unpaired) electrons. The summed E-state index contributed by atoms with van der Waals surface area (Å²) in [5.41, 5.74) is 2.84. The molecule has 0 spiro atoms. The van der Waals surface area contributed by atoms with E-state index in [0.717, 1.165) is 31.8 Å². The van der Waals surface area contributed by atoms with Crippen molar-refractivity contribution in [3.05, 3.63) is 17.2 Å². The van der Waals surface area contributed by atoms with Crippen molar-refractivity contribution < 1.29 is 0 Å². The van der Waals surface area contributed by atoms with Crippen molar-refractivity contribution in [3.63, 3.8) is 0 Å². The predicted molar refractivity (Wildman–Crippen MR) is 73.7 cm³/mol. The van der Waals surface area contributed by atoms with Crippen molar-refractivity contribution in [2.75, 3.05) is 6.54 Å². The first-order valence-corrected chi connectivity index (χ1v) is 7.63. The Morgan fingerprint density at radius 3 is 2.89 bits per heavy atom. The van der Waals surface area contributed by atoms with E-state index in [0.29, 0.717) is 6.04 Å². The minimum atomic E-state index is 0.696. The molecule has 3 rings (SSSR count). The lowest BCUT2D eigenvalue weighted by Crippen LogP contribution is -2.26. The fraction of sp³-hybridized carbons (Fsp3) is 0.800. The van der Waals surface area contributed by atoms with Crippen molar-refractivity contribution in [1.29, 1.82) is 0 Å². The van der Waals surface area contributed by atoms with Crippen LogP contribution in [0.4, 0.5) is 0 Å². The summed E-state index contributed by atoms with van der Waals surface area (Å²) in [6, 6.07) is 0.696. The molecular formula is C15H25N3. The fourth-order valence-corrected chi connectivity index (χ4v) is 3.26. The highest BCUT2D eigenvalue weighted by molar-refractivity contribution is 5.21. The molecule has 1 atom stereocenters. The highest BCUT2D eigenvalue weighted by Gasteiger charge is 2.29. The maximum absolute atomic E-state index is 4.87. The second-order valence-corrected chi connectivity index (χ2v) is 5.81. The van der Waals surface area contributed by atoms with Gasteiger partial charge in [-0.1, -0.05) is 26.7 Å². The number of nitrogens with zero attached hydrogens (tertiary/aromatic N) is 2. The Bertz CT molecular complexity index is 418. The van der Waals surface area contributed by atoms with Crippen LogP contribution in [0.2, 0.25) is 0 Å². The number of hydrogen-bond acceptors (Lipinski definition) is 2. The van der Waals surface area contributed by atoms with E-state index in [1.54, 1.807) is 0 Å². The quantitative estimate of drug-likeness (QED) is 0.867. The smallest absolute Gasteiger partial charge is 0.109 e. The molecule has 0 bridgehead atoms. The summed E-state index contributed by atoms with van der Waals surface area (Å²) in [5.74, 6) is 2.32. The fourth-order valence-electron chi connectivity index (χ4n) is 3.26. The van der Waals surface area contributed by atoms with Crippen LogP contribution in [0.15, 0.2) is 0 Å². The van der Waals surface area contributed by atoms with Crippen LogP contribution in [0.25, 0.3) is 0 Å². The highest BCUT2D eigenvalue weighted by Crippen LogP contribution is 2.39. The number of aromatic nitrogens is 2. The molecule has 1 saturated carbocycles. The van der Waals surface area contributed by atoms with E-state index < -0.39 is 0 Å². The molecular weight excluding hydrogens is 222 g/mol. The topological polar surface area (TPSA) is 29.9 Å². The predicted octanol–water partition coefficient (Wildman–Crippen LogP) is 2.84. The van der Waals surface area contributed by atoms with Gasteiger partial charge < -0.3 is 9.88 Å². The third-order valence-electron chi connectivity index (χ3n) is 4.45. The van der Waals surface area contributed by atoms with Crippen molar-refractivity contribution in [1.82, 2.24) is 14.9 Å². The second-order valence-electron chi connectivity index (χ2n) is 5.81. The molecule has 1 fully saturated rings. The monoisotopic (exact) mass is 247 g/mol. The number of hydrogen-bond donors (Lipinski definition) is 1. The zero-order chi connectivity index (χ0) is 12.5. The lowest BCUT2D eigenvalue weighted by atomic mass is 10.1. The Morgan fingerprint density at radius 2 is 2.22 bits per heavy atom. The SMILES string of the molecule is CCc1nc2c(n1C(CC)CC1CC1)CCNC2. The molecule has 0 aromatic carbocycles. The Hall–Kier alpha value is -0.830. The van der Waals surface area contributed by atoms with Crippen molar-refractivity contribution in [3.8, 4) is 0 Å². The Labute approximate surface area is 110 Å². The summed E-state index contributed by atoms with van der Waals surface area (Å²) in [6.45, 7) is 6.65. The normalized spacial score (nSPS) is 20.8. The van der Waals surface area contributed by atoms with Gasteiger partial charge in [-0.15, -0.1) is 0 Å². The molecule has 1 N–H and O–H groups in total. The first kappa shape index (κ1) is 12.2. The minimum absolute atomic E-state index is 0.696. The highest BCUT2D eigenvalue weighted by atomic mass is 15.1. The van der Waals surface area contributed by atoms with Gasteiger partial charge in [0.2, 0.25) is 0 Å². The third-order valence-corrected chi connectivity index (χ3v) is 4.45. The zero-order valence-corrected chi connectivity index (χ0v) is 11.7. The molecule has 0 saturated heterocycles. The van der Waals surface area contributed by atoms with Crippen LogP contribution in [0.3, 0.4) is 0 Å². The first-order valence-electron chi connectivity index (χ1n) is 7.63. The number of aryl methyl sites for hydroxylation is 1. The molecule has 3 nitrogen and oxygen atoms in total. The average molecular weight is 247 g/mol. The maximum atomic E-state index is 4.87. The average Bonchev–Trinajstić information content (AvgIpc) is 3.15. The van der Waals surface area contributed by atoms with E-state index >= 15 is 0 Å². The van der Waals surface area contributed by atoms with Gasteiger partial charge in [0.05, 0.1) is 5.69 Å². The van der Waals surface area contributed by atoms with Gasteiger partial charge >= 0.3 is 0 Å². The van der Waals surface area contributed by atoms with Gasteiger partial charge in [0.15, 0.2) is 0 Å². The molecule has 0 amide bonds. The Kier molecular flexibility index (Phi) is 3.42. The summed E-state index contributed by atoms with van der Waals surface area (Å²) < 4.78 is 2.61. The number of fused-ring (bicyclic) bond motifs is 1. The van der Waals surface area contributed by atoms with Gasteiger partial charge in [-0.2, -0.15) is 0 Å². The van der Waals surface area contributed by atoms with Crippen molar-refractivity contribution in [2.45, 2.75) is 65.0 Å². The lowest BCUT2D eigenvalue weighted by molar-refractivity contribution is 0.402. The van der Waals surface area contributed by atoms with Crippen LogP contribution in [-0.4, -0.2) is 16.1 Å². The van der Waals surface area contributed by atoms with Gasteiger partial charge in [-0.3, -0.25) is 0 Å². The van der Waals surface area contributed by atoms with E-state index in [4.69, 9.17) is 4.98 Å². The Balaban J connectivity index is 1.93. The lowest BCUT2D eigenvalue weighted by Gasteiger charge is -2.24. The zero-order valence-electron chi connectivity index (χ0n) is 11.7. The molecule has 3 heteroatoms. The molecule has 100 valence electrons. The van der Waals surface area contributed by atoms with Crippen molar-refractivity contribution >= 4 is 0 Å². The molecule has 1 unspecified atom stereocenters. The maximum Gasteiger partial charge on any atom is 0.109 e. The minimum Gasteiger partial charge on any atom is -0.329 e. The summed E-state index contributed by atoms with van der Waals surface area (Å²) in [7, 11) is 0. The number of rotatable bonds is 5. The Morgan fingerprint density at radius 1 is 1.39 bits per heavy atom. The molecule has 1 aliphatic carbocycles. The largest absolute Gasteiger partial charge is 0.329 e. The summed E-state index contributed by atoms with van der Waals surface area (Å²) in [4.78, 5) is 4.87. The van der Waals surface area contributed by atoms with Gasteiger partial charge in [-0.05, 0) is 18.8 Å². The third kappa shape index (κ3) is 2.20. The van der Waals surface area contributed by atoms with Gasteiger partial charge in [0, 0.05) is 37.7 Å². The molecule has 1 aliphatic heterocycles. The second kappa shape index (κ2) is 5.04. The molecule has 18 heavy (non-hydrogen) atoms. The van der Waals surface area contributed by atoms with Gasteiger partial charge in [0.1, 0.15) is 5.82 Å². The molecule has 1 aromatic heterocycles. The van der Waals surface area contributed by atoms with Crippen LogP contribution >= 0.6 is 0 Å². The van der Waals surface area contributed by atoms with E-state index in [1.165, 1.54) is 42.9 Å².